The van der Waals surface area contributed by atoms with Crippen LogP contribution in [-0.4, -0.2) is 34.2 Å². The van der Waals surface area contributed by atoms with E-state index in [-0.39, 0.29) is 8.80 Å². The van der Waals surface area contributed by atoms with E-state index in [9.17, 15) is 0 Å². The highest BCUT2D eigenvalue weighted by atomic mass is 28.4. The Kier molecular flexibility index (Phi) is 6.28. The lowest BCUT2D eigenvalue weighted by Crippen LogP contribution is -2.41. The molecular weight excluding hydrogens is 248 g/mol. The molecule has 5 heteroatoms. The molecule has 2 radical (unpaired) electrons. The third-order valence-electron chi connectivity index (χ3n) is 2.04. The summed E-state index contributed by atoms with van der Waals surface area (Å²) < 4.78 is 6.20. The third-order valence-corrected chi connectivity index (χ3v) is 18.4. The van der Waals surface area contributed by atoms with E-state index in [0.717, 1.165) is 0 Å². The van der Waals surface area contributed by atoms with Crippen molar-refractivity contribution < 1.29 is 4.12 Å². The van der Waals surface area contributed by atoms with Crippen molar-refractivity contribution in [1.29, 1.82) is 0 Å². The van der Waals surface area contributed by atoms with Gasteiger partial charge in [0, 0.05) is 16.9 Å². The second-order valence-corrected chi connectivity index (χ2v) is 22.7. The highest BCUT2D eigenvalue weighted by Gasteiger charge is 2.29. The molecule has 0 saturated carbocycles. The SMILES string of the molecule is C[Si](C[Si](C)(C)C)C[Si](C)(C)O[Si](C)C. The van der Waals surface area contributed by atoms with Crippen LogP contribution >= 0.6 is 0 Å². The Morgan fingerprint density at radius 2 is 1.33 bits per heavy atom. The van der Waals surface area contributed by atoms with Crippen LogP contribution in [0.2, 0.25) is 63.7 Å². The Morgan fingerprint density at radius 3 is 1.67 bits per heavy atom. The van der Waals surface area contributed by atoms with Crippen LogP contribution in [0.3, 0.4) is 0 Å². The summed E-state index contributed by atoms with van der Waals surface area (Å²) in [5.41, 5.74) is 2.99. The van der Waals surface area contributed by atoms with Crippen LogP contribution in [0.1, 0.15) is 0 Å². The summed E-state index contributed by atoms with van der Waals surface area (Å²) >= 11 is 0. The molecule has 90 valence electrons. The topological polar surface area (TPSA) is 9.23 Å². The van der Waals surface area contributed by atoms with Gasteiger partial charge >= 0.3 is 0 Å². The first-order valence-electron chi connectivity index (χ1n) is 5.82. The zero-order valence-corrected chi connectivity index (χ0v) is 15.8. The molecule has 0 fully saturated rings. The fourth-order valence-corrected chi connectivity index (χ4v) is 22.3. The van der Waals surface area contributed by atoms with Crippen molar-refractivity contribution >= 4 is 34.2 Å². The molecule has 0 N–H and O–H groups in total. The van der Waals surface area contributed by atoms with Gasteiger partial charge in [0.15, 0.2) is 17.4 Å². The van der Waals surface area contributed by atoms with E-state index in [0.29, 0.717) is 0 Å². The second-order valence-electron chi connectivity index (χ2n) is 6.64. The molecular formula is C10H28OSi4. The standard InChI is InChI=1S/C10H28OSi4/c1-12(2)11-15(7,8)10-13(3)9-14(4,5)6/h9-10H2,1-8H3. The van der Waals surface area contributed by atoms with Gasteiger partial charge in [-0.25, -0.2) is 0 Å². The van der Waals surface area contributed by atoms with Gasteiger partial charge in [0.05, 0.1) is 0 Å². The lowest BCUT2D eigenvalue weighted by Gasteiger charge is -2.30. The Bertz CT molecular complexity index is 186. The molecule has 0 aliphatic carbocycles. The second kappa shape index (κ2) is 5.95. The molecule has 0 aromatic heterocycles. The summed E-state index contributed by atoms with van der Waals surface area (Å²) in [5.74, 6) is 0. The first-order chi connectivity index (χ1) is 6.52. The molecule has 0 aromatic carbocycles. The molecule has 0 atom stereocenters. The molecule has 0 heterocycles. The molecule has 0 bridgehead atoms. The molecule has 0 rings (SSSR count). The molecule has 0 amide bonds. The van der Waals surface area contributed by atoms with Crippen molar-refractivity contribution in [2.24, 2.45) is 0 Å². The number of hydrogen-bond acceptors (Lipinski definition) is 1. The van der Waals surface area contributed by atoms with Crippen LogP contribution in [0.15, 0.2) is 0 Å². The summed E-state index contributed by atoms with van der Waals surface area (Å²) in [6, 6.07) is 0. The van der Waals surface area contributed by atoms with Crippen molar-refractivity contribution in [3.05, 3.63) is 0 Å². The van der Waals surface area contributed by atoms with E-state index in [2.05, 4.69) is 52.4 Å². The van der Waals surface area contributed by atoms with Crippen LogP contribution < -0.4 is 0 Å². The quantitative estimate of drug-likeness (QED) is 0.666. The van der Waals surface area contributed by atoms with E-state index in [1.165, 1.54) is 5.67 Å². The lowest BCUT2D eigenvalue weighted by atomic mass is 11.7. The van der Waals surface area contributed by atoms with E-state index >= 15 is 0 Å². The minimum Gasteiger partial charge on any atom is -0.456 e. The molecule has 1 nitrogen and oxygen atoms in total. The normalized spacial score (nSPS) is 14.0. The summed E-state index contributed by atoms with van der Waals surface area (Å²) in [7, 11) is -2.78. The number of rotatable bonds is 6. The van der Waals surface area contributed by atoms with Crippen LogP contribution in [0.25, 0.3) is 0 Å². The third kappa shape index (κ3) is 9.74. The van der Waals surface area contributed by atoms with Crippen LogP contribution in [0, 0.1) is 0 Å². The summed E-state index contributed by atoms with van der Waals surface area (Å²) in [6.45, 7) is 19.3. The zero-order valence-electron chi connectivity index (χ0n) is 11.8. The van der Waals surface area contributed by atoms with Crippen LogP contribution in [-0.2, 0) is 4.12 Å². The van der Waals surface area contributed by atoms with Gasteiger partial charge in [-0.1, -0.05) is 31.9 Å². The average Bonchev–Trinajstić information content (AvgIpc) is 1.73. The maximum Gasteiger partial charge on any atom is 0.191 e. The smallest absolute Gasteiger partial charge is 0.191 e. The van der Waals surface area contributed by atoms with Gasteiger partial charge in [0.1, 0.15) is 0 Å². The first-order valence-corrected chi connectivity index (χ1v) is 17.5. The highest BCUT2D eigenvalue weighted by Crippen LogP contribution is 2.20. The van der Waals surface area contributed by atoms with Gasteiger partial charge in [-0.05, 0) is 31.9 Å². The summed E-state index contributed by atoms with van der Waals surface area (Å²) in [5, 5.41) is 0. The minimum absolute atomic E-state index is 0.134. The predicted molar refractivity (Wildman–Crippen MR) is 80.6 cm³/mol. The molecule has 0 saturated heterocycles. The zero-order chi connectivity index (χ0) is 12.3. The average molecular weight is 277 g/mol. The maximum absolute atomic E-state index is 6.20. The van der Waals surface area contributed by atoms with Gasteiger partial charge in [0.2, 0.25) is 0 Å². The monoisotopic (exact) mass is 276 g/mol. The fourth-order valence-electron chi connectivity index (χ4n) is 2.28. The largest absolute Gasteiger partial charge is 0.456 e. The Morgan fingerprint density at radius 1 is 0.867 bits per heavy atom. The Balaban J connectivity index is 4.10. The van der Waals surface area contributed by atoms with E-state index in [4.69, 9.17) is 4.12 Å². The van der Waals surface area contributed by atoms with E-state index in [1.807, 2.05) is 0 Å². The Hall–Kier alpha value is 0.828. The van der Waals surface area contributed by atoms with Crippen molar-refractivity contribution in [3.8, 4) is 0 Å². The number of hydrogen-bond donors (Lipinski definition) is 0. The summed E-state index contributed by atoms with van der Waals surface area (Å²) in [4.78, 5) is 0. The lowest BCUT2D eigenvalue weighted by molar-refractivity contribution is 0.579. The minimum atomic E-state index is -1.32. The van der Waals surface area contributed by atoms with Crippen molar-refractivity contribution in [3.63, 3.8) is 0 Å². The maximum atomic E-state index is 6.20. The van der Waals surface area contributed by atoms with Crippen LogP contribution in [0.5, 0.6) is 0 Å². The van der Waals surface area contributed by atoms with Gasteiger partial charge in [-0.15, -0.1) is 0 Å². The molecule has 0 aromatic rings. The van der Waals surface area contributed by atoms with Gasteiger partial charge in [0.25, 0.3) is 0 Å². The molecule has 0 aliphatic rings. The van der Waals surface area contributed by atoms with E-state index in [1.54, 1.807) is 5.67 Å². The molecule has 15 heavy (non-hydrogen) atoms. The molecule has 0 unspecified atom stereocenters. The summed E-state index contributed by atoms with van der Waals surface area (Å²) in [6.07, 6.45) is 0. The van der Waals surface area contributed by atoms with Crippen LogP contribution in [0.4, 0.5) is 0 Å². The highest BCUT2D eigenvalue weighted by molar-refractivity contribution is 6.94. The fraction of sp³-hybridized carbons (Fsp3) is 1.00. The van der Waals surface area contributed by atoms with Crippen molar-refractivity contribution in [2.45, 2.75) is 63.7 Å². The van der Waals surface area contributed by atoms with Gasteiger partial charge in [-0.2, -0.15) is 0 Å². The van der Waals surface area contributed by atoms with Crippen molar-refractivity contribution in [2.75, 3.05) is 0 Å². The molecule has 0 spiro atoms. The predicted octanol–water partition coefficient (Wildman–Crippen LogP) is 4.00. The van der Waals surface area contributed by atoms with E-state index < -0.39 is 25.4 Å². The molecule has 0 aliphatic heterocycles. The van der Waals surface area contributed by atoms with Gasteiger partial charge < -0.3 is 4.12 Å². The van der Waals surface area contributed by atoms with Crippen molar-refractivity contribution in [1.82, 2.24) is 0 Å². The Labute approximate surface area is 102 Å². The first kappa shape index (κ1) is 15.8. The van der Waals surface area contributed by atoms with Gasteiger partial charge in [-0.3, -0.25) is 0 Å².